The van der Waals surface area contributed by atoms with Crippen molar-refractivity contribution in [3.63, 3.8) is 0 Å². The van der Waals surface area contributed by atoms with Crippen LogP contribution in [0.4, 0.5) is 0 Å². The second kappa shape index (κ2) is 17.1. The molecule has 0 N–H and O–H groups in total. The third-order valence-corrected chi connectivity index (χ3v) is 4.42. The molecule has 0 aliphatic rings. The van der Waals surface area contributed by atoms with Crippen LogP contribution >= 0.6 is 48.9 Å². The maximum absolute atomic E-state index is 10.4. The molecule has 13 heteroatoms. The van der Waals surface area contributed by atoms with Crippen molar-refractivity contribution in [3.8, 4) is 0 Å². The summed E-state index contributed by atoms with van der Waals surface area (Å²) < 4.78 is 3.84. The molecule has 0 bridgehead atoms. The van der Waals surface area contributed by atoms with Crippen molar-refractivity contribution in [1.82, 2.24) is 18.9 Å². The number of rotatable bonds is 0. The van der Waals surface area contributed by atoms with Crippen LogP contribution in [0.15, 0.2) is 97.6 Å². The van der Waals surface area contributed by atoms with E-state index in [2.05, 4.69) is 48.9 Å². The monoisotopic (exact) mass is 594 g/mol. The summed E-state index contributed by atoms with van der Waals surface area (Å²) in [5.74, 6) is 0. The first-order chi connectivity index (χ1) is 15.2. The fraction of sp³-hybridized carbons (Fsp3) is 0. The van der Waals surface area contributed by atoms with Crippen LogP contribution in [-0.4, -0.2) is 18.9 Å². The Morgan fingerprint density at radius 2 is 0.576 bits per heavy atom. The van der Waals surface area contributed by atoms with Gasteiger partial charge in [0.25, 0.3) is 0 Å². The molecule has 0 radical (unpaired) electrons. The van der Waals surface area contributed by atoms with Gasteiger partial charge < -0.3 is 39.8 Å². The van der Waals surface area contributed by atoms with Crippen molar-refractivity contribution in [3.05, 3.63) is 137 Å². The molecule has 0 saturated carbocycles. The molecule has 0 amide bonds. The molecule has 0 spiro atoms. The Kier molecular flexibility index (Phi) is 15.8. The zero-order chi connectivity index (χ0) is 23.9. The molecule has 0 fully saturated rings. The molecule has 0 aromatic carbocycles. The van der Waals surface area contributed by atoms with Gasteiger partial charge in [0.2, 0.25) is 0 Å². The topological polar surface area (TPSA) is 112 Å². The van der Waals surface area contributed by atoms with Crippen molar-refractivity contribution in [1.29, 1.82) is 0 Å². The number of hydrogen-bond donors (Lipinski definition) is 0. The molecule has 0 saturated heterocycles. The fourth-order valence-corrected chi connectivity index (χ4v) is 2.21. The average molecular weight is 596 g/mol. The van der Waals surface area contributed by atoms with Crippen LogP contribution in [0.2, 0.25) is 0 Å². The summed E-state index contributed by atoms with van der Waals surface area (Å²) in [7, 11) is 0. The van der Waals surface area contributed by atoms with Gasteiger partial charge in [-0.2, -0.15) is 0 Å². The van der Waals surface area contributed by atoms with Crippen molar-refractivity contribution >= 4 is 48.9 Å². The van der Waals surface area contributed by atoms with Crippen LogP contribution in [-0.2, 0) is 26.2 Å². The number of hydrogen-bond acceptors (Lipinski definition) is 8. The van der Waals surface area contributed by atoms with E-state index in [0.29, 0.717) is 37.5 Å². The molecule has 0 atom stereocenters. The van der Waals surface area contributed by atoms with Gasteiger partial charge in [0.15, 0.2) is 0 Å². The predicted molar refractivity (Wildman–Crippen MR) is 136 cm³/mol. The zero-order valence-corrected chi connectivity index (χ0v) is 22.5. The van der Waals surface area contributed by atoms with Gasteiger partial charge in [-0.25, -0.2) is 0 Å². The Morgan fingerprint density at radius 1 is 0.394 bits per heavy atom. The van der Waals surface area contributed by atoms with Crippen molar-refractivity contribution in [2.75, 3.05) is 0 Å². The van der Waals surface area contributed by atoms with Crippen molar-refractivity contribution < 1.29 is 26.2 Å². The summed E-state index contributed by atoms with van der Waals surface area (Å²) in [5.41, 5.74) is 0. The van der Waals surface area contributed by atoms with E-state index in [-0.39, 0.29) is 26.2 Å². The van der Waals surface area contributed by atoms with Crippen LogP contribution in [0, 0.1) is 39.4 Å². The predicted octanol–water partition coefficient (Wildman–Crippen LogP) is 6.25. The third-order valence-electron chi connectivity index (χ3n) is 3.15. The van der Waals surface area contributed by atoms with Crippen LogP contribution in [0.1, 0.15) is 0 Å². The Balaban J connectivity index is 0.000000410. The van der Waals surface area contributed by atoms with Gasteiger partial charge >= 0.3 is 26.2 Å². The van der Waals surface area contributed by atoms with Gasteiger partial charge in [0, 0.05) is 0 Å². The minimum atomic E-state index is 0. The molecule has 4 aromatic heterocycles. The molecule has 4 aromatic rings. The molecule has 0 unspecified atom stereocenters. The van der Waals surface area contributed by atoms with Crippen molar-refractivity contribution in [2.45, 2.75) is 0 Å². The summed E-state index contributed by atoms with van der Waals surface area (Å²) in [5, 5.41) is 41.7. The zero-order valence-electron chi connectivity index (χ0n) is 16.8. The van der Waals surface area contributed by atoms with E-state index in [0.717, 1.165) is 0 Å². The average Bonchev–Trinajstić information content (AvgIpc) is 2.78. The van der Waals surface area contributed by atoms with Gasteiger partial charge in [-0.05, 0) is 73.3 Å². The molecular formula is C20H16N4O4S4Zr. The Morgan fingerprint density at radius 3 is 0.667 bits per heavy atom. The molecule has 0 aliphatic heterocycles. The summed E-state index contributed by atoms with van der Waals surface area (Å²) in [6, 6.07) is 19.8. The van der Waals surface area contributed by atoms with Gasteiger partial charge in [-0.15, -0.1) is 0 Å². The number of aromatic nitrogens is 4. The number of pyridine rings is 4. The standard InChI is InChI=1S/4C5H4NOS.Zr/c4*7-6-4-2-1-3-5(6)8;/h4*1-4H;/q4*-1;+4. The first kappa shape index (κ1) is 30.6. The van der Waals surface area contributed by atoms with Crippen LogP contribution < -0.4 is 0 Å². The minimum absolute atomic E-state index is 0. The summed E-state index contributed by atoms with van der Waals surface area (Å²) >= 11 is 18.4. The van der Waals surface area contributed by atoms with Gasteiger partial charge in [0.05, 0.1) is 0 Å². The maximum Gasteiger partial charge on any atom is 4.00 e. The largest absolute Gasteiger partial charge is 4.00 e. The fourth-order valence-electron chi connectivity index (χ4n) is 1.65. The molecule has 4 rings (SSSR count). The molecular weight excluding hydrogens is 580 g/mol. The van der Waals surface area contributed by atoms with Crippen molar-refractivity contribution in [2.24, 2.45) is 0 Å². The quantitative estimate of drug-likeness (QED) is 0.219. The van der Waals surface area contributed by atoms with Crippen LogP contribution in [0.25, 0.3) is 0 Å². The summed E-state index contributed by atoms with van der Waals surface area (Å²) in [6.45, 7) is 0. The van der Waals surface area contributed by atoms with Gasteiger partial charge in [-0.1, -0.05) is 73.1 Å². The normalized spacial score (nSPS) is 8.73. The molecule has 0 aliphatic carbocycles. The van der Waals surface area contributed by atoms with E-state index in [4.69, 9.17) is 0 Å². The molecule has 4 heterocycles. The van der Waals surface area contributed by atoms with E-state index in [1.54, 1.807) is 72.8 Å². The minimum Gasteiger partial charge on any atom is -0.805 e. The number of nitrogens with zero attached hydrogens (tertiary/aromatic N) is 4. The first-order valence-electron chi connectivity index (χ1n) is 8.63. The Hall–Kier alpha value is -2.44. The van der Waals surface area contributed by atoms with Crippen LogP contribution in [0.3, 0.4) is 0 Å². The second-order valence-electron chi connectivity index (χ2n) is 5.46. The molecule has 33 heavy (non-hydrogen) atoms. The Bertz CT molecular complexity index is 1130. The third kappa shape index (κ3) is 13.0. The first-order valence-corrected chi connectivity index (χ1v) is 10.3. The smallest absolute Gasteiger partial charge is 0.805 e. The summed E-state index contributed by atoms with van der Waals surface area (Å²) in [4.78, 5) is 0. The van der Waals surface area contributed by atoms with Gasteiger partial charge in [-0.3, -0.25) is 0 Å². The SMILES string of the molecule is [O-]n1ccccc1=S.[O-]n1ccccc1=S.[O-]n1ccccc1=S.[O-]n1ccccc1=S.[Zr+4]. The van der Waals surface area contributed by atoms with Crippen LogP contribution in [0.5, 0.6) is 0 Å². The Labute approximate surface area is 229 Å². The van der Waals surface area contributed by atoms with E-state index >= 15 is 0 Å². The van der Waals surface area contributed by atoms with E-state index in [9.17, 15) is 20.8 Å². The maximum atomic E-state index is 10.4. The molecule has 8 nitrogen and oxygen atoms in total. The summed E-state index contributed by atoms with van der Waals surface area (Å²) in [6.07, 6.45) is 5.51. The second-order valence-corrected chi connectivity index (χ2v) is 7.13. The van der Waals surface area contributed by atoms with E-state index < -0.39 is 0 Å². The van der Waals surface area contributed by atoms with E-state index in [1.807, 2.05) is 0 Å². The van der Waals surface area contributed by atoms with Gasteiger partial charge in [0.1, 0.15) is 18.6 Å². The van der Waals surface area contributed by atoms with E-state index in [1.165, 1.54) is 24.8 Å². The molecule has 168 valence electrons.